The molecule has 0 saturated carbocycles. The molecule has 0 unspecified atom stereocenters. The van der Waals surface area contributed by atoms with Gasteiger partial charge in [0, 0.05) is 11.3 Å². The first-order valence-corrected chi connectivity index (χ1v) is 7.04. The van der Waals surface area contributed by atoms with Crippen molar-refractivity contribution in [2.24, 2.45) is 23.2 Å². The Morgan fingerprint density at radius 1 is 1.42 bits per heavy atom. The summed E-state index contributed by atoms with van der Waals surface area (Å²) in [4.78, 5) is 0. The molecule has 0 radical (unpaired) electrons. The second-order valence-electron chi connectivity index (χ2n) is 6.15. The van der Waals surface area contributed by atoms with E-state index in [1.165, 1.54) is 5.57 Å². The second kappa shape index (κ2) is 4.50. The molecule has 1 aromatic rings. The van der Waals surface area contributed by atoms with Gasteiger partial charge in [-0.2, -0.15) is 0 Å². The van der Waals surface area contributed by atoms with Crippen LogP contribution in [0.1, 0.15) is 32.6 Å². The molecule has 1 saturated heterocycles. The molecule has 19 heavy (non-hydrogen) atoms. The molecule has 1 aliphatic carbocycles. The highest BCUT2D eigenvalue weighted by Gasteiger charge is 2.53. The standard InChI is InChI=1S/C16H22O3/c1-10-7-11(2)16(8-17)9-19-15(14(10)12(16)3)13-5-4-6-18-13/h4-7,11-12,14-15,17H,8-9H2,1-3H3/t11-,12-,14+,15+,16+/m0/s1. The van der Waals surface area contributed by atoms with Crippen molar-refractivity contribution in [2.75, 3.05) is 13.2 Å². The van der Waals surface area contributed by atoms with E-state index in [1.807, 2.05) is 12.1 Å². The monoisotopic (exact) mass is 262 g/mol. The number of fused-ring (bicyclic) bond motifs is 2. The third kappa shape index (κ3) is 1.72. The van der Waals surface area contributed by atoms with Gasteiger partial charge in [0.2, 0.25) is 0 Å². The van der Waals surface area contributed by atoms with Crippen LogP contribution in [0.5, 0.6) is 0 Å². The number of ether oxygens (including phenoxy) is 1. The van der Waals surface area contributed by atoms with Crippen LogP contribution in [-0.2, 0) is 4.74 Å². The average molecular weight is 262 g/mol. The predicted molar refractivity (Wildman–Crippen MR) is 72.5 cm³/mol. The Kier molecular flexibility index (Phi) is 3.06. The van der Waals surface area contributed by atoms with Gasteiger partial charge in [-0.3, -0.25) is 0 Å². The Labute approximate surface area is 114 Å². The van der Waals surface area contributed by atoms with Crippen molar-refractivity contribution in [3.05, 3.63) is 35.8 Å². The molecule has 3 heteroatoms. The lowest BCUT2D eigenvalue weighted by Gasteiger charge is -2.54. The number of hydrogen-bond acceptors (Lipinski definition) is 3. The Morgan fingerprint density at radius 3 is 2.84 bits per heavy atom. The van der Waals surface area contributed by atoms with Crippen molar-refractivity contribution in [1.29, 1.82) is 0 Å². The van der Waals surface area contributed by atoms with E-state index in [2.05, 4.69) is 26.8 Å². The zero-order chi connectivity index (χ0) is 13.6. The molecular weight excluding hydrogens is 240 g/mol. The van der Waals surface area contributed by atoms with Crippen LogP contribution in [-0.4, -0.2) is 18.3 Å². The van der Waals surface area contributed by atoms with Crippen molar-refractivity contribution in [2.45, 2.75) is 26.9 Å². The smallest absolute Gasteiger partial charge is 0.133 e. The first kappa shape index (κ1) is 12.9. The van der Waals surface area contributed by atoms with Gasteiger partial charge in [0.1, 0.15) is 11.9 Å². The molecule has 2 aliphatic rings. The van der Waals surface area contributed by atoms with Gasteiger partial charge >= 0.3 is 0 Å². The quantitative estimate of drug-likeness (QED) is 0.832. The van der Waals surface area contributed by atoms with Crippen LogP contribution < -0.4 is 0 Å². The predicted octanol–water partition coefficient (Wildman–Crippen LogP) is 3.18. The maximum atomic E-state index is 9.90. The largest absolute Gasteiger partial charge is 0.467 e. The first-order chi connectivity index (χ1) is 9.10. The highest BCUT2D eigenvalue weighted by Crippen LogP contribution is 2.55. The Bertz CT molecular complexity index is 476. The molecule has 1 aliphatic heterocycles. The lowest BCUT2D eigenvalue weighted by molar-refractivity contribution is -0.170. The minimum atomic E-state index is -0.146. The van der Waals surface area contributed by atoms with Crippen molar-refractivity contribution in [3.8, 4) is 0 Å². The maximum Gasteiger partial charge on any atom is 0.133 e. The lowest BCUT2D eigenvalue weighted by Crippen LogP contribution is -2.53. The van der Waals surface area contributed by atoms with E-state index in [4.69, 9.17) is 9.15 Å². The normalized spacial score (nSPS) is 42.0. The molecule has 3 rings (SSSR count). The minimum absolute atomic E-state index is 0.0200. The van der Waals surface area contributed by atoms with E-state index in [1.54, 1.807) is 6.26 Å². The number of allylic oxidation sites excluding steroid dienone is 1. The average Bonchev–Trinajstić information content (AvgIpc) is 2.90. The van der Waals surface area contributed by atoms with Crippen molar-refractivity contribution >= 4 is 0 Å². The Morgan fingerprint density at radius 2 is 2.21 bits per heavy atom. The fourth-order valence-electron chi connectivity index (χ4n) is 4.00. The zero-order valence-electron chi connectivity index (χ0n) is 11.8. The number of hydrogen-bond donors (Lipinski definition) is 1. The molecule has 0 amide bonds. The summed E-state index contributed by atoms with van der Waals surface area (Å²) in [5.41, 5.74) is 1.21. The third-order valence-corrected chi connectivity index (χ3v) is 5.37. The highest BCUT2D eigenvalue weighted by molar-refractivity contribution is 5.23. The van der Waals surface area contributed by atoms with Crippen molar-refractivity contribution in [1.82, 2.24) is 0 Å². The number of rotatable bonds is 2. The van der Waals surface area contributed by atoms with Gasteiger partial charge in [-0.15, -0.1) is 0 Å². The lowest BCUT2D eigenvalue weighted by atomic mass is 9.56. The second-order valence-corrected chi connectivity index (χ2v) is 6.15. The number of aliphatic hydroxyl groups is 1. The molecule has 5 atom stereocenters. The molecule has 1 fully saturated rings. The summed E-state index contributed by atoms with van der Waals surface area (Å²) in [6.45, 7) is 7.37. The van der Waals surface area contributed by atoms with Gasteiger partial charge in [-0.1, -0.05) is 25.5 Å². The van der Waals surface area contributed by atoms with Crippen LogP contribution in [0, 0.1) is 23.2 Å². The van der Waals surface area contributed by atoms with Crippen molar-refractivity contribution in [3.63, 3.8) is 0 Å². The van der Waals surface area contributed by atoms with Crippen molar-refractivity contribution < 1.29 is 14.3 Å². The van der Waals surface area contributed by atoms with Gasteiger partial charge in [-0.05, 0) is 30.9 Å². The SMILES string of the molecule is CC1=C[C@H](C)[C@@]2(CO)CO[C@H](c3ccco3)[C@H]1[C@@H]2C. The van der Waals surface area contributed by atoms with Gasteiger partial charge in [-0.25, -0.2) is 0 Å². The summed E-state index contributed by atoms with van der Waals surface area (Å²) >= 11 is 0. The van der Waals surface area contributed by atoms with Gasteiger partial charge in [0.25, 0.3) is 0 Å². The molecule has 3 nitrogen and oxygen atoms in total. The Balaban J connectivity index is 2.03. The summed E-state index contributed by atoms with van der Waals surface area (Å²) in [7, 11) is 0. The van der Waals surface area contributed by atoms with Crippen LogP contribution in [0.4, 0.5) is 0 Å². The molecule has 104 valence electrons. The van der Waals surface area contributed by atoms with Crippen LogP contribution in [0.15, 0.2) is 34.5 Å². The summed E-state index contributed by atoms with van der Waals surface area (Å²) in [6, 6.07) is 3.89. The third-order valence-electron chi connectivity index (χ3n) is 5.37. The summed E-state index contributed by atoms with van der Waals surface area (Å²) in [5, 5.41) is 9.90. The molecule has 2 bridgehead atoms. The van der Waals surface area contributed by atoms with Crippen LogP contribution >= 0.6 is 0 Å². The van der Waals surface area contributed by atoms with E-state index in [0.717, 1.165) is 5.76 Å². The van der Waals surface area contributed by atoms with E-state index >= 15 is 0 Å². The highest BCUT2D eigenvalue weighted by atomic mass is 16.5. The summed E-state index contributed by atoms with van der Waals surface area (Å²) < 4.78 is 11.6. The number of furan rings is 1. The molecule has 1 N–H and O–H groups in total. The van der Waals surface area contributed by atoms with Gasteiger partial charge in [0.05, 0.1) is 19.5 Å². The number of aliphatic hydroxyl groups excluding tert-OH is 1. The summed E-state index contributed by atoms with van der Waals surface area (Å²) in [6.07, 6.45) is 3.98. The fourth-order valence-corrected chi connectivity index (χ4v) is 4.00. The zero-order valence-corrected chi connectivity index (χ0v) is 11.8. The Hall–Kier alpha value is -1.06. The molecule has 0 aromatic carbocycles. The maximum absolute atomic E-state index is 9.90. The molecule has 1 aromatic heterocycles. The van der Waals surface area contributed by atoms with E-state index in [0.29, 0.717) is 24.4 Å². The van der Waals surface area contributed by atoms with Crippen LogP contribution in [0.2, 0.25) is 0 Å². The first-order valence-electron chi connectivity index (χ1n) is 7.04. The van der Waals surface area contributed by atoms with E-state index < -0.39 is 0 Å². The molecule has 0 spiro atoms. The van der Waals surface area contributed by atoms with E-state index in [9.17, 15) is 5.11 Å². The van der Waals surface area contributed by atoms with Crippen LogP contribution in [0.3, 0.4) is 0 Å². The fraction of sp³-hybridized carbons (Fsp3) is 0.625. The summed E-state index contributed by atoms with van der Waals surface area (Å²) in [5.74, 6) is 1.93. The van der Waals surface area contributed by atoms with Crippen LogP contribution in [0.25, 0.3) is 0 Å². The topological polar surface area (TPSA) is 42.6 Å². The molecule has 2 heterocycles. The van der Waals surface area contributed by atoms with Gasteiger partial charge in [0.15, 0.2) is 0 Å². The minimum Gasteiger partial charge on any atom is -0.467 e. The van der Waals surface area contributed by atoms with E-state index in [-0.39, 0.29) is 18.1 Å². The molecular formula is C16H22O3. The van der Waals surface area contributed by atoms with Gasteiger partial charge < -0.3 is 14.3 Å².